The van der Waals surface area contributed by atoms with Gasteiger partial charge in [-0.25, -0.2) is 0 Å². The van der Waals surface area contributed by atoms with E-state index in [1.54, 1.807) is 0 Å². The lowest BCUT2D eigenvalue weighted by atomic mass is 9.89. The van der Waals surface area contributed by atoms with Gasteiger partial charge in [0.05, 0.1) is 11.7 Å². The molecule has 2 N–H and O–H groups in total. The summed E-state index contributed by atoms with van der Waals surface area (Å²) in [6.45, 7) is 0. The van der Waals surface area contributed by atoms with Crippen LogP contribution in [-0.2, 0) is 0 Å². The molecule has 0 saturated carbocycles. The van der Waals surface area contributed by atoms with E-state index in [-0.39, 0.29) is 12.2 Å². The smallest absolute Gasteiger partial charge is 0.104 e. The van der Waals surface area contributed by atoms with Crippen molar-refractivity contribution in [3.63, 3.8) is 0 Å². The van der Waals surface area contributed by atoms with E-state index in [2.05, 4.69) is 173 Å². The Balaban J connectivity index is 1.13. The predicted molar refractivity (Wildman–Crippen MR) is 213 cm³/mol. The van der Waals surface area contributed by atoms with Gasteiger partial charge in [-0.1, -0.05) is 127 Å². The van der Waals surface area contributed by atoms with Crippen LogP contribution in [0.25, 0.3) is 55.8 Å². The Morgan fingerprint density at radius 3 is 1.63 bits per heavy atom. The van der Waals surface area contributed by atoms with Gasteiger partial charge in [-0.3, -0.25) is 15.3 Å². The molecule has 248 valence electrons. The van der Waals surface area contributed by atoms with Crippen molar-refractivity contribution in [2.45, 2.75) is 12.2 Å². The van der Waals surface area contributed by atoms with Crippen LogP contribution < -0.4 is 10.6 Å². The predicted octanol–water partition coefficient (Wildman–Crippen LogP) is 11.6. The van der Waals surface area contributed by atoms with E-state index in [0.29, 0.717) is 0 Å². The molecule has 0 amide bonds. The Kier molecular flexibility index (Phi) is 8.41. The summed E-state index contributed by atoms with van der Waals surface area (Å²) in [6, 6.07) is 62.5. The van der Waals surface area contributed by atoms with Crippen LogP contribution in [0.5, 0.6) is 0 Å². The van der Waals surface area contributed by atoms with Crippen molar-refractivity contribution < 1.29 is 0 Å². The normalized spacial score (nSPS) is 15.0. The topological polar surface area (TPSA) is 49.8 Å². The van der Waals surface area contributed by atoms with Crippen molar-refractivity contribution in [2.24, 2.45) is 0 Å². The number of benzene rings is 6. The maximum absolute atomic E-state index is 4.99. The lowest BCUT2D eigenvalue weighted by molar-refractivity contribution is 0.506. The zero-order valence-corrected chi connectivity index (χ0v) is 28.5. The van der Waals surface area contributed by atoms with E-state index in [4.69, 9.17) is 4.98 Å². The lowest BCUT2D eigenvalue weighted by Gasteiger charge is -2.36. The van der Waals surface area contributed by atoms with Crippen molar-refractivity contribution >= 4 is 5.69 Å². The van der Waals surface area contributed by atoms with Crippen LogP contribution in [0.1, 0.15) is 28.9 Å². The fourth-order valence-electron chi connectivity index (χ4n) is 7.20. The van der Waals surface area contributed by atoms with Gasteiger partial charge in [0, 0.05) is 35.4 Å². The summed E-state index contributed by atoms with van der Waals surface area (Å²) < 4.78 is 0. The second kappa shape index (κ2) is 13.9. The second-order valence-electron chi connectivity index (χ2n) is 13.2. The van der Waals surface area contributed by atoms with Crippen LogP contribution in [0.15, 0.2) is 195 Å². The third-order valence-electron chi connectivity index (χ3n) is 9.92. The first-order valence-electron chi connectivity index (χ1n) is 17.7. The Labute approximate surface area is 304 Å². The molecule has 2 unspecified atom stereocenters. The van der Waals surface area contributed by atoms with Gasteiger partial charge in [0.1, 0.15) is 6.17 Å². The molecule has 0 fully saturated rings. The average Bonchev–Trinajstić information content (AvgIpc) is 3.24. The minimum absolute atomic E-state index is 0.0128. The fourth-order valence-corrected chi connectivity index (χ4v) is 7.20. The largest absolute Gasteiger partial charge is 0.366 e. The molecule has 1 aliphatic rings. The zero-order valence-electron chi connectivity index (χ0n) is 28.5. The first-order chi connectivity index (χ1) is 25.7. The monoisotopic (exact) mass is 668 g/mol. The molecule has 6 aromatic carbocycles. The Morgan fingerprint density at radius 2 is 0.962 bits per heavy atom. The van der Waals surface area contributed by atoms with Crippen molar-refractivity contribution in [3.8, 4) is 55.8 Å². The summed E-state index contributed by atoms with van der Waals surface area (Å²) in [7, 11) is 0. The highest BCUT2D eigenvalue weighted by molar-refractivity contribution is 5.77. The number of hydrogen-bond acceptors (Lipinski definition) is 4. The summed E-state index contributed by atoms with van der Waals surface area (Å²) in [5.41, 5.74) is 15.9. The minimum Gasteiger partial charge on any atom is -0.366 e. The number of rotatable bonds is 7. The van der Waals surface area contributed by atoms with E-state index in [9.17, 15) is 0 Å². The summed E-state index contributed by atoms with van der Waals surface area (Å²) in [5.74, 6) is 0. The quantitative estimate of drug-likeness (QED) is 0.177. The van der Waals surface area contributed by atoms with Crippen molar-refractivity contribution in [2.75, 3.05) is 5.32 Å². The molecule has 52 heavy (non-hydrogen) atoms. The first kappa shape index (κ1) is 31.4. The number of nitrogens with one attached hydrogen (secondary N) is 2. The van der Waals surface area contributed by atoms with Gasteiger partial charge in [0.2, 0.25) is 0 Å². The van der Waals surface area contributed by atoms with E-state index in [1.807, 2.05) is 36.8 Å². The van der Waals surface area contributed by atoms with Crippen LogP contribution in [0.2, 0.25) is 0 Å². The number of fused-ring (bicyclic) bond motifs is 1. The summed E-state index contributed by atoms with van der Waals surface area (Å²) in [6.07, 6.45) is 5.49. The number of pyridine rings is 2. The standard InChI is InChI=1S/C48H36N4/c1-4-10-33(11-5-1)39-20-23-46-44(31-39)47(38-14-8-3-9-15-38)52-48(51-46)43-29-41(36-18-16-35(17-19-36)37-24-26-49-27-25-37)28-42(30-43)45-22-21-40(32-50-45)34-12-6-2-7-13-34/h1-32,47-48,51-52H. The highest BCUT2D eigenvalue weighted by atomic mass is 15.2. The van der Waals surface area contributed by atoms with Gasteiger partial charge >= 0.3 is 0 Å². The Hall–Kier alpha value is -6.62. The molecule has 0 saturated heterocycles. The van der Waals surface area contributed by atoms with Gasteiger partial charge in [-0.05, 0) is 104 Å². The third kappa shape index (κ3) is 6.39. The number of nitrogens with zero attached hydrogens (tertiary/aromatic N) is 2. The van der Waals surface area contributed by atoms with Crippen LogP contribution in [0.4, 0.5) is 5.69 Å². The molecule has 1 aliphatic heterocycles. The second-order valence-corrected chi connectivity index (χ2v) is 13.2. The van der Waals surface area contributed by atoms with Gasteiger partial charge < -0.3 is 5.32 Å². The molecule has 0 bridgehead atoms. The maximum atomic E-state index is 4.99. The van der Waals surface area contributed by atoms with Crippen LogP contribution >= 0.6 is 0 Å². The molecule has 0 radical (unpaired) electrons. The van der Waals surface area contributed by atoms with Crippen LogP contribution in [-0.4, -0.2) is 9.97 Å². The number of anilines is 1. The molecular weight excluding hydrogens is 633 g/mol. The van der Waals surface area contributed by atoms with Gasteiger partial charge in [0.15, 0.2) is 0 Å². The summed E-state index contributed by atoms with van der Waals surface area (Å²) in [4.78, 5) is 9.18. The highest BCUT2D eigenvalue weighted by Gasteiger charge is 2.29. The average molecular weight is 669 g/mol. The van der Waals surface area contributed by atoms with Crippen molar-refractivity contribution in [3.05, 3.63) is 211 Å². The molecule has 4 nitrogen and oxygen atoms in total. The molecule has 0 spiro atoms. The van der Waals surface area contributed by atoms with E-state index < -0.39 is 0 Å². The minimum atomic E-state index is -0.154. The van der Waals surface area contributed by atoms with Crippen molar-refractivity contribution in [1.29, 1.82) is 0 Å². The van der Waals surface area contributed by atoms with Crippen molar-refractivity contribution in [1.82, 2.24) is 15.3 Å². The molecule has 4 heteroatoms. The molecular formula is C48H36N4. The van der Waals surface area contributed by atoms with Gasteiger partial charge in [-0.2, -0.15) is 0 Å². The molecule has 8 aromatic rings. The van der Waals surface area contributed by atoms with Gasteiger partial charge in [0.25, 0.3) is 0 Å². The van der Waals surface area contributed by atoms with Crippen LogP contribution in [0, 0.1) is 0 Å². The zero-order chi connectivity index (χ0) is 34.7. The fraction of sp³-hybridized carbons (Fsp3) is 0.0417. The van der Waals surface area contributed by atoms with E-state index in [0.717, 1.165) is 55.9 Å². The molecule has 2 atom stereocenters. The maximum Gasteiger partial charge on any atom is 0.104 e. The number of aromatic nitrogens is 2. The Morgan fingerprint density at radius 1 is 0.404 bits per heavy atom. The molecule has 9 rings (SSSR count). The summed E-state index contributed by atoms with van der Waals surface area (Å²) >= 11 is 0. The Bertz CT molecular complexity index is 2330. The van der Waals surface area contributed by atoms with Gasteiger partial charge in [-0.15, -0.1) is 0 Å². The third-order valence-corrected chi connectivity index (χ3v) is 9.92. The molecule has 0 aliphatic carbocycles. The molecule has 2 aromatic heterocycles. The SMILES string of the molecule is c1ccc(-c2ccc(-c3cc(-c4ccc(-c5ccncc5)cc4)cc(C4Nc5ccc(-c6ccccc6)cc5C(c5ccccc5)N4)c3)nc2)cc1. The van der Waals surface area contributed by atoms with Crippen LogP contribution in [0.3, 0.4) is 0 Å². The van der Waals surface area contributed by atoms with E-state index in [1.165, 1.54) is 22.3 Å². The summed E-state index contributed by atoms with van der Waals surface area (Å²) in [5, 5.41) is 7.87. The lowest BCUT2D eigenvalue weighted by Crippen LogP contribution is -2.37. The number of hydrogen-bond donors (Lipinski definition) is 2. The molecule has 3 heterocycles. The highest BCUT2D eigenvalue weighted by Crippen LogP contribution is 2.41. The van der Waals surface area contributed by atoms with E-state index >= 15 is 0 Å². The first-order valence-corrected chi connectivity index (χ1v) is 17.7.